The summed E-state index contributed by atoms with van der Waals surface area (Å²) in [6.07, 6.45) is 4.27. The third-order valence-electron chi connectivity index (χ3n) is 3.17. The van der Waals surface area contributed by atoms with Gasteiger partial charge in [0.25, 0.3) is 0 Å². The van der Waals surface area contributed by atoms with E-state index in [-0.39, 0.29) is 0 Å². The average molecular weight is 183 g/mol. The number of hydrogen-bond acceptors (Lipinski definition) is 1. The van der Waals surface area contributed by atoms with Crippen molar-refractivity contribution in [2.75, 3.05) is 6.54 Å². The summed E-state index contributed by atoms with van der Waals surface area (Å²) < 4.78 is 0. The van der Waals surface area contributed by atoms with Crippen LogP contribution in [-0.4, -0.2) is 23.4 Å². The molecule has 1 heterocycles. The molecule has 2 nitrogen and oxygen atoms in total. The molecule has 1 saturated heterocycles. The molecule has 0 aromatic heterocycles. The summed E-state index contributed by atoms with van der Waals surface area (Å²) in [5.41, 5.74) is 0. The van der Waals surface area contributed by atoms with Crippen LogP contribution in [0.25, 0.3) is 0 Å². The van der Waals surface area contributed by atoms with Gasteiger partial charge in [-0.05, 0) is 25.7 Å². The monoisotopic (exact) mass is 183 g/mol. The van der Waals surface area contributed by atoms with Gasteiger partial charge < -0.3 is 4.90 Å². The highest BCUT2D eigenvalue weighted by Crippen LogP contribution is 2.21. The Morgan fingerprint density at radius 2 is 2.15 bits per heavy atom. The highest BCUT2D eigenvalue weighted by atomic mass is 16.2. The van der Waals surface area contributed by atoms with Crippen LogP contribution in [0.15, 0.2) is 0 Å². The van der Waals surface area contributed by atoms with Crippen LogP contribution in [0.2, 0.25) is 0 Å². The topological polar surface area (TPSA) is 20.3 Å². The molecule has 2 unspecified atom stereocenters. The molecule has 13 heavy (non-hydrogen) atoms. The summed E-state index contributed by atoms with van der Waals surface area (Å²) >= 11 is 0. The molecule has 2 atom stereocenters. The van der Waals surface area contributed by atoms with Gasteiger partial charge in [0.05, 0.1) is 0 Å². The van der Waals surface area contributed by atoms with Crippen LogP contribution in [0.5, 0.6) is 0 Å². The van der Waals surface area contributed by atoms with Gasteiger partial charge in [-0.15, -0.1) is 0 Å². The van der Waals surface area contributed by atoms with Crippen LogP contribution in [0.3, 0.4) is 0 Å². The molecule has 0 N–H and O–H groups in total. The Balaban J connectivity index is 2.45. The van der Waals surface area contributed by atoms with Crippen LogP contribution >= 0.6 is 0 Å². The van der Waals surface area contributed by atoms with E-state index in [1.165, 1.54) is 12.8 Å². The highest BCUT2D eigenvalue weighted by Gasteiger charge is 2.27. The minimum atomic E-state index is 0.357. The largest absolute Gasteiger partial charge is 0.340 e. The minimum absolute atomic E-state index is 0.357. The summed E-state index contributed by atoms with van der Waals surface area (Å²) in [4.78, 5) is 13.5. The van der Waals surface area contributed by atoms with Crippen molar-refractivity contribution in [3.63, 3.8) is 0 Å². The van der Waals surface area contributed by atoms with Crippen molar-refractivity contribution in [3.05, 3.63) is 0 Å². The van der Waals surface area contributed by atoms with Crippen LogP contribution in [0.4, 0.5) is 0 Å². The Kier molecular flexibility index (Phi) is 3.76. The Labute approximate surface area is 81.3 Å². The second-order valence-electron chi connectivity index (χ2n) is 4.20. The molecule has 0 bridgehead atoms. The summed E-state index contributed by atoms with van der Waals surface area (Å²) in [6.45, 7) is 7.62. The van der Waals surface area contributed by atoms with Crippen molar-refractivity contribution < 1.29 is 4.79 Å². The van der Waals surface area contributed by atoms with Gasteiger partial charge in [-0.2, -0.15) is 0 Å². The maximum absolute atomic E-state index is 11.5. The van der Waals surface area contributed by atoms with Crippen molar-refractivity contribution in [1.82, 2.24) is 4.90 Å². The molecule has 1 amide bonds. The van der Waals surface area contributed by atoms with E-state index >= 15 is 0 Å². The van der Waals surface area contributed by atoms with Crippen LogP contribution in [-0.2, 0) is 4.79 Å². The summed E-state index contributed by atoms with van der Waals surface area (Å²) in [5, 5.41) is 0. The van der Waals surface area contributed by atoms with Gasteiger partial charge in [-0.1, -0.05) is 20.3 Å². The number of likely N-dealkylation sites (tertiary alicyclic amines) is 1. The molecule has 0 saturated carbocycles. The molecule has 76 valence electrons. The number of carbonyl (C=O) groups is 1. The molecule has 0 radical (unpaired) electrons. The van der Waals surface area contributed by atoms with Crippen molar-refractivity contribution in [1.29, 1.82) is 0 Å². The van der Waals surface area contributed by atoms with Gasteiger partial charge in [0, 0.05) is 19.0 Å². The Morgan fingerprint density at radius 3 is 2.62 bits per heavy atom. The molecular weight excluding hydrogens is 162 g/mol. The zero-order chi connectivity index (χ0) is 9.84. The van der Waals surface area contributed by atoms with E-state index in [1.807, 2.05) is 0 Å². The SMILES string of the molecule is CCCC(C)C(C)N1CCCC1=O. The summed E-state index contributed by atoms with van der Waals surface area (Å²) in [6, 6.07) is 0.440. The van der Waals surface area contributed by atoms with Gasteiger partial charge in [0.15, 0.2) is 0 Å². The first kappa shape index (κ1) is 10.6. The first-order chi connectivity index (χ1) is 6.16. The molecule has 0 aromatic rings. The van der Waals surface area contributed by atoms with Gasteiger partial charge in [-0.3, -0.25) is 4.79 Å². The molecular formula is C11H21NO. The fraction of sp³-hybridized carbons (Fsp3) is 0.909. The van der Waals surface area contributed by atoms with Gasteiger partial charge >= 0.3 is 0 Å². The Hall–Kier alpha value is -0.530. The van der Waals surface area contributed by atoms with E-state index < -0.39 is 0 Å². The standard InChI is InChI=1S/C11H21NO/c1-4-6-9(2)10(3)12-8-5-7-11(12)13/h9-10H,4-8H2,1-3H3. The van der Waals surface area contributed by atoms with Crippen molar-refractivity contribution in [2.24, 2.45) is 5.92 Å². The lowest BCUT2D eigenvalue weighted by Gasteiger charge is -2.29. The van der Waals surface area contributed by atoms with E-state index in [9.17, 15) is 4.79 Å². The number of rotatable bonds is 4. The molecule has 1 aliphatic rings. The third-order valence-corrected chi connectivity index (χ3v) is 3.17. The fourth-order valence-electron chi connectivity index (χ4n) is 2.10. The average Bonchev–Trinajstić information content (AvgIpc) is 2.50. The molecule has 1 aliphatic heterocycles. The number of nitrogens with zero attached hydrogens (tertiary/aromatic N) is 1. The molecule has 2 heteroatoms. The zero-order valence-corrected chi connectivity index (χ0v) is 9.05. The van der Waals surface area contributed by atoms with E-state index in [1.54, 1.807) is 0 Å². The lowest BCUT2D eigenvalue weighted by molar-refractivity contribution is -0.130. The van der Waals surface area contributed by atoms with Crippen LogP contribution in [0.1, 0.15) is 46.5 Å². The molecule has 0 aromatic carbocycles. The van der Waals surface area contributed by atoms with Crippen LogP contribution < -0.4 is 0 Å². The van der Waals surface area contributed by atoms with Crippen molar-refractivity contribution in [2.45, 2.75) is 52.5 Å². The van der Waals surface area contributed by atoms with Crippen molar-refractivity contribution in [3.8, 4) is 0 Å². The second kappa shape index (κ2) is 4.64. The van der Waals surface area contributed by atoms with E-state index in [0.29, 0.717) is 17.9 Å². The lowest BCUT2D eigenvalue weighted by atomic mass is 9.97. The lowest BCUT2D eigenvalue weighted by Crippen LogP contribution is -2.38. The van der Waals surface area contributed by atoms with Gasteiger partial charge in [0.2, 0.25) is 5.91 Å². The minimum Gasteiger partial charge on any atom is -0.340 e. The molecule has 1 rings (SSSR count). The van der Waals surface area contributed by atoms with E-state index in [4.69, 9.17) is 0 Å². The molecule has 1 fully saturated rings. The maximum Gasteiger partial charge on any atom is 0.222 e. The van der Waals surface area contributed by atoms with E-state index in [0.717, 1.165) is 19.4 Å². The molecule has 0 aliphatic carbocycles. The predicted molar refractivity (Wildman–Crippen MR) is 54.5 cm³/mol. The first-order valence-corrected chi connectivity index (χ1v) is 5.46. The van der Waals surface area contributed by atoms with Gasteiger partial charge in [0.1, 0.15) is 0 Å². The number of carbonyl (C=O) groups excluding carboxylic acids is 1. The first-order valence-electron chi connectivity index (χ1n) is 5.46. The quantitative estimate of drug-likeness (QED) is 0.655. The Bertz CT molecular complexity index is 179. The second-order valence-corrected chi connectivity index (χ2v) is 4.20. The van der Waals surface area contributed by atoms with Crippen LogP contribution in [0, 0.1) is 5.92 Å². The number of amides is 1. The maximum atomic E-state index is 11.5. The smallest absolute Gasteiger partial charge is 0.222 e. The number of hydrogen-bond donors (Lipinski definition) is 0. The summed E-state index contributed by atoms with van der Waals surface area (Å²) in [5.74, 6) is 1.00. The van der Waals surface area contributed by atoms with Gasteiger partial charge in [-0.25, -0.2) is 0 Å². The predicted octanol–water partition coefficient (Wildman–Crippen LogP) is 2.43. The highest BCUT2D eigenvalue weighted by molar-refractivity contribution is 5.78. The zero-order valence-electron chi connectivity index (χ0n) is 9.05. The Morgan fingerprint density at radius 1 is 1.46 bits per heavy atom. The van der Waals surface area contributed by atoms with Crippen molar-refractivity contribution >= 4 is 5.91 Å². The fourth-order valence-corrected chi connectivity index (χ4v) is 2.10. The molecule has 0 spiro atoms. The normalized spacial score (nSPS) is 22.1. The van der Waals surface area contributed by atoms with E-state index in [2.05, 4.69) is 25.7 Å². The third kappa shape index (κ3) is 2.45. The summed E-state index contributed by atoms with van der Waals surface area (Å²) in [7, 11) is 0.